The monoisotopic (exact) mass is 312 g/mol. The zero-order chi connectivity index (χ0) is 16.7. The fourth-order valence-electron chi connectivity index (χ4n) is 2.90. The predicted octanol–water partition coefficient (Wildman–Crippen LogP) is 3.61. The van der Waals surface area contributed by atoms with E-state index in [1.807, 2.05) is 12.1 Å². The first kappa shape index (κ1) is 17.0. The van der Waals surface area contributed by atoms with Crippen molar-refractivity contribution in [3.63, 3.8) is 0 Å². The van der Waals surface area contributed by atoms with E-state index in [2.05, 4.69) is 72.7 Å². The molecule has 0 aromatic heterocycles. The summed E-state index contributed by atoms with van der Waals surface area (Å²) in [6, 6.07) is 20.9. The molecule has 1 atom stereocenters. The molecule has 4 nitrogen and oxygen atoms in total. The van der Waals surface area contributed by atoms with Crippen molar-refractivity contribution in [3.05, 3.63) is 71.8 Å². The topological polar surface area (TPSA) is 52.6 Å². The van der Waals surface area contributed by atoms with Crippen molar-refractivity contribution < 1.29 is 9.90 Å². The highest BCUT2D eigenvalue weighted by Gasteiger charge is 2.20. The van der Waals surface area contributed by atoms with Gasteiger partial charge in [-0.05, 0) is 24.1 Å². The van der Waals surface area contributed by atoms with Gasteiger partial charge >= 0.3 is 6.09 Å². The Kier molecular flexibility index (Phi) is 6.18. The zero-order valence-electron chi connectivity index (χ0n) is 13.6. The van der Waals surface area contributed by atoms with Crippen LogP contribution in [-0.4, -0.2) is 36.2 Å². The van der Waals surface area contributed by atoms with Crippen LogP contribution in [0.4, 0.5) is 4.79 Å². The van der Waals surface area contributed by atoms with Crippen LogP contribution in [0, 0.1) is 5.92 Å². The van der Waals surface area contributed by atoms with E-state index < -0.39 is 6.09 Å². The molecule has 23 heavy (non-hydrogen) atoms. The molecular formula is C19H24N2O2. The molecule has 0 aliphatic rings. The lowest BCUT2D eigenvalue weighted by atomic mass is 9.96. The van der Waals surface area contributed by atoms with E-state index in [9.17, 15) is 4.79 Å². The minimum absolute atomic E-state index is 0.157. The fraction of sp³-hybridized carbons (Fsp3) is 0.316. The Morgan fingerprint density at radius 3 is 1.96 bits per heavy atom. The second-order valence-electron chi connectivity index (χ2n) is 5.95. The van der Waals surface area contributed by atoms with Crippen LogP contribution < -0.4 is 5.32 Å². The van der Waals surface area contributed by atoms with Crippen molar-refractivity contribution in [2.24, 2.45) is 5.92 Å². The highest BCUT2D eigenvalue weighted by atomic mass is 16.4. The Bertz CT molecular complexity index is 562. The molecule has 1 amide bonds. The Morgan fingerprint density at radius 1 is 1.04 bits per heavy atom. The Morgan fingerprint density at radius 2 is 1.52 bits per heavy atom. The number of carbonyl (C=O) groups is 1. The van der Waals surface area contributed by atoms with Gasteiger partial charge in [0.1, 0.15) is 0 Å². The summed E-state index contributed by atoms with van der Waals surface area (Å²) in [7, 11) is 2.09. The van der Waals surface area contributed by atoms with Gasteiger partial charge in [-0.3, -0.25) is 4.90 Å². The van der Waals surface area contributed by atoms with Crippen LogP contribution >= 0.6 is 0 Å². The maximum absolute atomic E-state index is 10.6. The van der Waals surface area contributed by atoms with Crippen molar-refractivity contribution in [3.8, 4) is 0 Å². The molecule has 2 aromatic rings. The molecule has 4 heteroatoms. The lowest BCUT2D eigenvalue weighted by Gasteiger charge is -2.31. The van der Waals surface area contributed by atoms with E-state index in [0.29, 0.717) is 6.54 Å². The summed E-state index contributed by atoms with van der Waals surface area (Å²) in [6.07, 6.45) is -0.970. The van der Waals surface area contributed by atoms with Gasteiger partial charge in [-0.15, -0.1) is 0 Å². The van der Waals surface area contributed by atoms with Gasteiger partial charge in [0.2, 0.25) is 0 Å². The predicted molar refractivity (Wildman–Crippen MR) is 92.5 cm³/mol. The van der Waals surface area contributed by atoms with Crippen LogP contribution in [0.15, 0.2) is 60.7 Å². The smallest absolute Gasteiger partial charge is 0.404 e. The lowest BCUT2D eigenvalue weighted by Crippen LogP contribution is -2.35. The SMILES string of the molecule is C[C@@H](CNC(=O)O)CN(C)C(c1ccccc1)c1ccccc1. The normalized spacial score (nSPS) is 12.3. The van der Waals surface area contributed by atoms with Crippen molar-refractivity contribution in [1.29, 1.82) is 0 Å². The van der Waals surface area contributed by atoms with Gasteiger partial charge in [-0.1, -0.05) is 67.6 Å². The second-order valence-corrected chi connectivity index (χ2v) is 5.95. The van der Waals surface area contributed by atoms with E-state index in [0.717, 1.165) is 6.54 Å². The van der Waals surface area contributed by atoms with Crippen LogP contribution in [0.2, 0.25) is 0 Å². The summed E-state index contributed by atoms with van der Waals surface area (Å²) in [5.74, 6) is 0.228. The highest BCUT2D eigenvalue weighted by Crippen LogP contribution is 2.27. The molecule has 2 rings (SSSR count). The number of nitrogens with zero attached hydrogens (tertiary/aromatic N) is 1. The van der Waals surface area contributed by atoms with Gasteiger partial charge in [0.25, 0.3) is 0 Å². The Hall–Kier alpha value is -2.33. The minimum Gasteiger partial charge on any atom is -0.465 e. The number of carboxylic acid groups (broad SMARTS) is 1. The molecule has 0 unspecified atom stereocenters. The van der Waals surface area contributed by atoms with Gasteiger partial charge < -0.3 is 10.4 Å². The molecule has 0 aliphatic heterocycles. The van der Waals surface area contributed by atoms with Gasteiger partial charge in [-0.25, -0.2) is 4.79 Å². The van der Waals surface area contributed by atoms with Crippen molar-refractivity contribution >= 4 is 6.09 Å². The first-order chi connectivity index (χ1) is 11.1. The average Bonchev–Trinajstić information content (AvgIpc) is 2.55. The van der Waals surface area contributed by atoms with Crippen LogP contribution in [0.5, 0.6) is 0 Å². The first-order valence-corrected chi connectivity index (χ1v) is 7.85. The number of benzene rings is 2. The lowest BCUT2D eigenvalue weighted by molar-refractivity contribution is 0.188. The molecule has 0 aliphatic carbocycles. The molecule has 0 radical (unpaired) electrons. The number of amides is 1. The average molecular weight is 312 g/mol. The summed E-state index contributed by atoms with van der Waals surface area (Å²) in [6.45, 7) is 3.31. The van der Waals surface area contributed by atoms with Crippen LogP contribution in [0.25, 0.3) is 0 Å². The highest BCUT2D eigenvalue weighted by molar-refractivity contribution is 5.64. The van der Waals surface area contributed by atoms with Gasteiger partial charge in [0.15, 0.2) is 0 Å². The molecule has 0 spiro atoms. The molecule has 0 fully saturated rings. The zero-order valence-corrected chi connectivity index (χ0v) is 13.6. The molecule has 0 heterocycles. The third-order valence-corrected chi connectivity index (χ3v) is 3.87. The largest absolute Gasteiger partial charge is 0.465 e. The fourth-order valence-corrected chi connectivity index (χ4v) is 2.90. The number of hydrogen-bond acceptors (Lipinski definition) is 2. The van der Waals surface area contributed by atoms with E-state index >= 15 is 0 Å². The van der Waals surface area contributed by atoms with Gasteiger partial charge in [0.05, 0.1) is 6.04 Å². The standard InChI is InChI=1S/C19H24N2O2/c1-15(13-20-19(22)23)14-21(2)18(16-9-5-3-6-10-16)17-11-7-4-8-12-17/h3-12,15,18,20H,13-14H2,1-2H3,(H,22,23)/t15-/m0/s1. The third kappa shape index (κ3) is 5.11. The molecule has 0 bridgehead atoms. The first-order valence-electron chi connectivity index (χ1n) is 7.85. The number of rotatable bonds is 7. The summed E-state index contributed by atoms with van der Waals surface area (Å²) < 4.78 is 0. The van der Waals surface area contributed by atoms with Crippen molar-refractivity contribution in [1.82, 2.24) is 10.2 Å². The molecule has 2 aromatic carbocycles. The van der Waals surface area contributed by atoms with Crippen molar-refractivity contribution in [2.45, 2.75) is 13.0 Å². The van der Waals surface area contributed by atoms with Crippen molar-refractivity contribution in [2.75, 3.05) is 20.1 Å². The molecule has 0 saturated heterocycles. The summed E-state index contributed by atoms with van der Waals surface area (Å²) in [4.78, 5) is 12.9. The Balaban J connectivity index is 2.16. The maximum Gasteiger partial charge on any atom is 0.404 e. The maximum atomic E-state index is 10.6. The van der Waals surface area contributed by atoms with E-state index in [1.54, 1.807) is 0 Å². The van der Waals surface area contributed by atoms with Gasteiger partial charge in [0, 0.05) is 13.1 Å². The summed E-state index contributed by atoms with van der Waals surface area (Å²) in [5, 5.41) is 11.2. The number of nitrogens with one attached hydrogen (secondary N) is 1. The van der Waals surface area contributed by atoms with E-state index in [-0.39, 0.29) is 12.0 Å². The summed E-state index contributed by atoms with van der Waals surface area (Å²) in [5.41, 5.74) is 2.47. The minimum atomic E-state index is -0.970. The quantitative estimate of drug-likeness (QED) is 0.821. The molecule has 2 N–H and O–H groups in total. The van der Waals surface area contributed by atoms with Crippen LogP contribution in [-0.2, 0) is 0 Å². The van der Waals surface area contributed by atoms with Crippen LogP contribution in [0.3, 0.4) is 0 Å². The molecule has 0 saturated carbocycles. The number of hydrogen-bond donors (Lipinski definition) is 2. The second kappa shape index (κ2) is 8.34. The van der Waals surface area contributed by atoms with Crippen LogP contribution in [0.1, 0.15) is 24.1 Å². The summed E-state index contributed by atoms with van der Waals surface area (Å²) >= 11 is 0. The Labute approximate surface area is 137 Å². The van der Waals surface area contributed by atoms with Gasteiger partial charge in [-0.2, -0.15) is 0 Å². The third-order valence-electron chi connectivity index (χ3n) is 3.87. The molecule has 122 valence electrons. The van der Waals surface area contributed by atoms with E-state index in [4.69, 9.17) is 5.11 Å². The molecular weight excluding hydrogens is 288 g/mol. The van der Waals surface area contributed by atoms with E-state index in [1.165, 1.54) is 11.1 Å².